The zero-order valence-electron chi connectivity index (χ0n) is 24.3. The quantitative estimate of drug-likeness (QED) is 0.190. The molecule has 2 nitrogen and oxygen atoms in total. The van der Waals surface area contributed by atoms with Crippen molar-refractivity contribution in [2.75, 3.05) is 0 Å². The molecule has 0 fully saturated rings. The smallest absolute Gasteiger partial charge is 0.201 e. The van der Waals surface area contributed by atoms with E-state index in [-0.39, 0.29) is 11.0 Å². The van der Waals surface area contributed by atoms with Gasteiger partial charge in [-0.2, -0.15) is 4.57 Å². The van der Waals surface area contributed by atoms with Crippen LogP contribution in [0.15, 0.2) is 122 Å². The molecule has 40 heavy (non-hydrogen) atoms. The molecule has 2 aromatic heterocycles. The minimum atomic E-state index is -0.0335. The first-order valence-electron chi connectivity index (χ1n) is 14.8. The van der Waals surface area contributed by atoms with E-state index < -0.39 is 0 Å². The van der Waals surface area contributed by atoms with Gasteiger partial charge in [0.25, 0.3) is 0 Å². The van der Waals surface area contributed by atoms with E-state index in [1.54, 1.807) is 0 Å². The van der Waals surface area contributed by atoms with Crippen LogP contribution >= 0.6 is 0 Å². The summed E-state index contributed by atoms with van der Waals surface area (Å²) in [7, 11) is 2.15. The third-order valence-corrected chi connectivity index (χ3v) is 9.80. The molecule has 0 saturated carbocycles. The lowest BCUT2D eigenvalue weighted by molar-refractivity contribution is -0.766. The summed E-state index contributed by atoms with van der Waals surface area (Å²) >= 11 is 0. The van der Waals surface area contributed by atoms with E-state index in [1.807, 2.05) is 0 Å². The Hall–Kier alpha value is -4.04. The highest BCUT2D eigenvalue weighted by atomic mass is 15.1. The Morgan fingerprint density at radius 1 is 0.625 bits per heavy atom. The number of nitrogens with zero attached hydrogens (tertiary/aromatic N) is 2. The first-order valence-corrected chi connectivity index (χ1v) is 14.8. The Bertz CT molecular complexity index is 1650. The highest BCUT2D eigenvalue weighted by Crippen LogP contribution is 2.52. The molecule has 1 aliphatic heterocycles. The van der Waals surface area contributed by atoms with E-state index >= 15 is 0 Å². The second-order valence-electron chi connectivity index (χ2n) is 11.5. The summed E-state index contributed by atoms with van der Waals surface area (Å²) in [6.07, 6.45) is 8.72. The van der Waals surface area contributed by atoms with Crippen LogP contribution in [0.5, 0.6) is 0 Å². The molecule has 2 heteroatoms. The number of hydrogen-bond acceptors (Lipinski definition) is 0. The van der Waals surface area contributed by atoms with Crippen molar-refractivity contribution in [3.05, 3.63) is 133 Å². The zero-order valence-corrected chi connectivity index (χ0v) is 24.3. The van der Waals surface area contributed by atoms with E-state index in [1.165, 1.54) is 44.8 Å². The molecule has 0 radical (unpaired) electrons. The van der Waals surface area contributed by atoms with Crippen LogP contribution in [0.3, 0.4) is 0 Å². The number of pyridine rings is 2. The molecule has 0 N–H and O–H groups in total. The second kappa shape index (κ2) is 10.5. The van der Waals surface area contributed by atoms with Crippen molar-refractivity contribution in [1.29, 1.82) is 0 Å². The number of hydrogen-bond donors (Lipinski definition) is 0. The van der Waals surface area contributed by atoms with E-state index in [0.29, 0.717) is 0 Å². The summed E-state index contributed by atoms with van der Waals surface area (Å²) in [5.74, 6) is 0. The van der Waals surface area contributed by atoms with Gasteiger partial charge in [-0.15, -0.1) is 0 Å². The van der Waals surface area contributed by atoms with Gasteiger partial charge in [-0.05, 0) is 65.8 Å². The maximum absolute atomic E-state index is 2.58. The van der Waals surface area contributed by atoms with Gasteiger partial charge in [0.15, 0.2) is 17.9 Å². The van der Waals surface area contributed by atoms with Crippen LogP contribution in [0.1, 0.15) is 51.2 Å². The maximum Gasteiger partial charge on any atom is 0.213 e. The molecule has 2 atom stereocenters. The molecule has 6 rings (SSSR count). The fourth-order valence-corrected chi connectivity index (χ4v) is 7.39. The SMILES string of the molecule is CCC1(CCc2ccc(-c3ccccc3)cc2-c2cccc[n+]2C)c2ccccc2-c2cccc[n+]2C1(C)CC. The number of fused-ring (bicyclic) bond motifs is 3. The minimum absolute atomic E-state index is 0.00557. The van der Waals surface area contributed by atoms with E-state index in [9.17, 15) is 0 Å². The van der Waals surface area contributed by atoms with Crippen LogP contribution < -0.4 is 9.13 Å². The zero-order chi connectivity index (χ0) is 27.7. The van der Waals surface area contributed by atoms with Crippen molar-refractivity contribution in [2.24, 2.45) is 7.05 Å². The van der Waals surface area contributed by atoms with Crippen LogP contribution in [0.25, 0.3) is 33.6 Å². The second-order valence-corrected chi connectivity index (χ2v) is 11.5. The first-order chi connectivity index (χ1) is 19.5. The monoisotopic (exact) mass is 524 g/mol. The fourth-order valence-electron chi connectivity index (χ4n) is 7.39. The number of aryl methyl sites for hydroxylation is 2. The molecular weight excluding hydrogens is 484 g/mol. The lowest BCUT2D eigenvalue weighted by Crippen LogP contribution is -2.68. The van der Waals surface area contributed by atoms with Crippen LogP contribution in [0.4, 0.5) is 0 Å². The van der Waals surface area contributed by atoms with Gasteiger partial charge in [0, 0.05) is 43.2 Å². The number of rotatable bonds is 7. The predicted octanol–water partition coefficient (Wildman–Crippen LogP) is 8.22. The summed E-state index contributed by atoms with van der Waals surface area (Å²) in [6.45, 7) is 7.26. The average molecular weight is 525 g/mol. The van der Waals surface area contributed by atoms with Crippen molar-refractivity contribution >= 4 is 0 Å². The van der Waals surface area contributed by atoms with E-state index in [2.05, 4.69) is 159 Å². The molecule has 3 aromatic carbocycles. The topological polar surface area (TPSA) is 7.76 Å². The van der Waals surface area contributed by atoms with Crippen LogP contribution in [0.2, 0.25) is 0 Å². The Kier molecular flexibility index (Phi) is 6.88. The van der Waals surface area contributed by atoms with Gasteiger partial charge in [-0.1, -0.05) is 74.5 Å². The van der Waals surface area contributed by atoms with Gasteiger partial charge < -0.3 is 0 Å². The summed E-state index contributed by atoms with van der Waals surface area (Å²) in [5.41, 5.74) is 10.7. The van der Waals surface area contributed by atoms with Gasteiger partial charge in [0.1, 0.15) is 7.05 Å². The van der Waals surface area contributed by atoms with Crippen LogP contribution in [-0.2, 0) is 24.4 Å². The maximum atomic E-state index is 2.58. The summed E-state index contributed by atoms with van der Waals surface area (Å²) in [6, 6.07) is 40.2. The third-order valence-electron chi connectivity index (χ3n) is 9.80. The highest BCUT2D eigenvalue weighted by Gasteiger charge is 2.58. The van der Waals surface area contributed by atoms with E-state index in [4.69, 9.17) is 0 Å². The van der Waals surface area contributed by atoms with Gasteiger partial charge in [0.2, 0.25) is 11.4 Å². The largest absolute Gasteiger partial charge is 0.213 e. The Morgan fingerprint density at radius 3 is 2.08 bits per heavy atom. The fraction of sp³-hybridized carbons (Fsp3) is 0.263. The molecule has 200 valence electrons. The van der Waals surface area contributed by atoms with Gasteiger partial charge >= 0.3 is 0 Å². The standard InChI is InChI=1S/C38H40N2/c1-5-37(3)38(6-2,34-19-11-10-18-32(34)36-21-13-15-27-40(36)37)25-24-30-22-23-31(29-16-8-7-9-17-29)28-33(30)35-20-12-14-26-39(35)4/h7-23,26-28H,5-6,24-25H2,1-4H3/q+2. The minimum Gasteiger partial charge on any atom is -0.201 e. The van der Waals surface area contributed by atoms with Gasteiger partial charge in [0.05, 0.1) is 11.0 Å². The molecule has 1 aliphatic rings. The first kappa shape index (κ1) is 26.2. The third kappa shape index (κ3) is 4.09. The average Bonchev–Trinajstić information content (AvgIpc) is 3.02. The predicted molar refractivity (Wildman–Crippen MR) is 165 cm³/mol. The Morgan fingerprint density at radius 2 is 1.32 bits per heavy atom. The highest BCUT2D eigenvalue weighted by molar-refractivity contribution is 5.73. The summed E-state index contributed by atoms with van der Waals surface area (Å²) < 4.78 is 4.83. The van der Waals surface area contributed by atoms with Gasteiger partial charge in [-0.3, -0.25) is 0 Å². The Labute approximate surface area is 239 Å². The van der Waals surface area contributed by atoms with Crippen molar-refractivity contribution in [3.63, 3.8) is 0 Å². The normalized spacial score (nSPS) is 19.6. The van der Waals surface area contributed by atoms with Crippen LogP contribution in [0, 0.1) is 0 Å². The Balaban J connectivity index is 1.48. The molecule has 0 aliphatic carbocycles. The number of aromatic nitrogens is 2. The lowest BCUT2D eigenvalue weighted by Gasteiger charge is -2.48. The van der Waals surface area contributed by atoms with E-state index in [0.717, 1.165) is 25.7 Å². The molecule has 3 heterocycles. The molecule has 0 spiro atoms. The molecular formula is C38H40N2+2. The van der Waals surface area contributed by atoms with Crippen LogP contribution in [-0.4, -0.2) is 0 Å². The number of benzene rings is 3. The molecule has 2 unspecified atom stereocenters. The van der Waals surface area contributed by atoms with Crippen molar-refractivity contribution in [1.82, 2.24) is 0 Å². The molecule has 5 aromatic rings. The molecule has 0 bridgehead atoms. The summed E-state index contributed by atoms with van der Waals surface area (Å²) in [4.78, 5) is 0. The van der Waals surface area contributed by atoms with Gasteiger partial charge in [-0.25, -0.2) is 4.57 Å². The van der Waals surface area contributed by atoms with Crippen molar-refractivity contribution in [3.8, 4) is 33.6 Å². The van der Waals surface area contributed by atoms with Crippen molar-refractivity contribution in [2.45, 2.75) is 57.4 Å². The molecule has 0 saturated heterocycles. The lowest BCUT2D eigenvalue weighted by atomic mass is 9.57. The molecule has 0 amide bonds. The van der Waals surface area contributed by atoms with Crippen molar-refractivity contribution < 1.29 is 9.13 Å². The summed E-state index contributed by atoms with van der Waals surface area (Å²) in [5, 5.41) is 0.